The van der Waals surface area contributed by atoms with Crippen molar-refractivity contribution >= 4 is 23.3 Å². The molecule has 22 heavy (non-hydrogen) atoms. The number of anilines is 1. The number of hydrogen-bond donors (Lipinski definition) is 1. The van der Waals surface area contributed by atoms with Gasteiger partial charge in [-0.1, -0.05) is 6.92 Å². The Hall–Kier alpha value is -1.95. The molecule has 118 valence electrons. The lowest BCUT2D eigenvalue weighted by atomic mass is 9.97. The first-order chi connectivity index (χ1) is 10.6. The van der Waals surface area contributed by atoms with Gasteiger partial charge in [-0.05, 0) is 38.8 Å². The van der Waals surface area contributed by atoms with Crippen molar-refractivity contribution in [3.8, 4) is 0 Å². The fourth-order valence-electron chi connectivity index (χ4n) is 3.23. The van der Waals surface area contributed by atoms with Crippen LogP contribution in [0.25, 0.3) is 0 Å². The van der Waals surface area contributed by atoms with Crippen LogP contribution in [-0.4, -0.2) is 35.7 Å². The Morgan fingerprint density at radius 3 is 2.86 bits per heavy atom. The molecule has 0 bridgehead atoms. The van der Waals surface area contributed by atoms with E-state index >= 15 is 0 Å². The third-order valence-electron chi connectivity index (χ3n) is 4.72. The van der Waals surface area contributed by atoms with E-state index in [0.29, 0.717) is 12.2 Å². The zero-order chi connectivity index (χ0) is 15.7. The van der Waals surface area contributed by atoms with Crippen molar-refractivity contribution in [1.29, 1.82) is 0 Å². The largest absolute Gasteiger partial charge is 0.378 e. The molecule has 1 aromatic carbocycles. The first-order valence-electron chi connectivity index (χ1n) is 7.86. The Morgan fingerprint density at radius 2 is 2.18 bits per heavy atom. The Labute approximate surface area is 130 Å². The predicted molar refractivity (Wildman–Crippen MR) is 88.2 cm³/mol. The number of hydrogen-bond acceptors (Lipinski definition) is 5. The molecule has 0 saturated carbocycles. The van der Waals surface area contributed by atoms with Crippen LogP contribution in [0, 0.1) is 23.0 Å². The number of benzene rings is 1. The van der Waals surface area contributed by atoms with E-state index in [1.807, 2.05) is 6.92 Å². The van der Waals surface area contributed by atoms with Crippen LogP contribution in [0.5, 0.6) is 0 Å². The Morgan fingerprint density at radius 1 is 1.45 bits per heavy atom. The molecule has 0 amide bonds. The van der Waals surface area contributed by atoms with Crippen LogP contribution in [0.4, 0.5) is 17.1 Å². The van der Waals surface area contributed by atoms with Gasteiger partial charge in [-0.2, -0.15) is 0 Å². The quantitative estimate of drug-likeness (QED) is 0.687. The molecule has 0 aliphatic carbocycles. The highest BCUT2D eigenvalue weighted by Crippen LogP contribution is 2.39. The van der Waals surface area contributed by atoms with Gasteiger partial charge in [0.15, 0.2) is 0 Å². The lowest BCUT2D eigenvalue weighted by Crippen LogP contribution is -2.33. The van der Waals surface area contributed by atoms with Crippen molar-refractivity contribution in [3.05, 3.63) is 27.3 Å². The lowest BCUT2D eigenvalue weighted by Gasteiger charge is -2.31. The smallest absolute Gasteiger partial charge is 0.274 e. The summed E-state index contributed by atoms with van der Waals surface area (Å²) in [6.45, 7) is 7.68. The molecular weight excluding hydrogens is 280 g/mol. The van der Waals surface area contributed by atoms with Crippen molar-refractivity contribution in [2.45, 2.75) is 33.2 Å². The number of likely N-dealkylation sites (tertiary alicyclic amines) is 1. The van der Waals surface area contributed by atoms with Gasteiger partial charge in [0.25, 0.3) is 5.69 Å². The number of fused-ring (bicyclic) bond motifs is 1. The summed E-state index contributed by atoms with van der Waals surface area (Å²) in [6, 6.07) is 1.58. The number of piperidine rings is 1. The fraction of sp³-hybridized carbons (Fsp3) is 0.562. The van der Waals surface area contributed by atoms with Gasteiger partial charge in [-0.3, -0.25) is 20.0 Å². The standard InChI is InChI=1S/C16H22N4O2/c1-11-3-7-19(8-4-11)10-13-12(2)15(20(21)22)9-14-16(13)18-6-5-17-14/h5,9,11,18H,3-4,6-8,10H2,1-2H3. The zero-order valence-corrected chi connectivity index (χ0v) is 13.1. The van der Waals surface area contributed by atoms with Crippen LogP contribution >= 0.6 is 0 Å². The Balaban J connectivity index is 1.96. The molecular formula is C16H22N4O2. The molecule has 1 saturated heterocycles. The van der Waals surface area contributed by atoms with Crippen LogP contribution in [-0.2, 0) is 6.54 Å². The number of rotatable bonds is 3. The molecule has 2 aliphatic heterocycles. The van der Waals surface area contributed by atoms with Crippen LogP contribution < -0.4 is 5.32 Å². The minimum absolute atomic E-state index is 0.167. The van der Waals surface area contributed by atoms with Gasteiger partial charge in [0.05, 0.1) is 22.8 Å². The van der Waals surface area contributed by atoms with E-state index in [-0.39, 0.29) is 10.6 Å². The normalized spacial score (nSPS) is 18.8. The summed E-state index contributed by atoms with van der Waals surface area (Å²) >= 11 is 0. The number of aliphatic imine (C=N–C) groups is 1. The summed E-state index contributed by atoms with van der Waals surface area (Å²) in [5, 5.41) is 14.7. The van der Waals surface area contributed by atoms with Crippen molar-refractivity contribution < 1.29 is 4.92 Å². The number of nitrogens with one attached hydrogen (secondary N) is 1. The van der Waals surface area contributed by atoms with Gasteiger partial charge in [0.1, 0.15) is 0 Å². The molecule has 0 spiro atoms. The number of nitrogens with zero attached hydrogens (tertiary/aromatic N) is 3. The molecule has 3 rings (SSSR count). The molecule has 0 unspecified atom stereocenters. The van der Waals surface area contributed by atoms with Crippen LogP contribution in [0.3, 0.4) is 0 Å². The summed E-state index contributed by atoms with van der Waals surface area (Å²) in [4.78, 5) is 17.7. The van der Waals surface area contributed by atoms with E-state index in [2.05, 4.69) is 22.1 Å². The van der Waals surface area contributed by atoms with Gasteiger partial charge in [0, 0.05) is 30.0 Å². The summed E-state index contributed by atoms with van der Waals surface area (Å²) in [5.41, 5.74) is 3.59. The molecule has 6 heteroatoms. The van der Waals surface area contributed by atoms with Crippen molar-refractivity contribution in [2.24, 2.45) is 10.9 Å². The zero-order valence-electron chi connectivity index (χ0n) is 13.1. The SMILES string of the molecule is Cc1c([N+](=O)[O-])cc2c(c1CN1CCC(C)CC1)NCC=N2. The topological polar surface area (TPSA) is 70.8 Å². The van der Waals surface area contributed by atoms with Gasteiger partial charge in [-0.15, -0.1) is 0 Å². The van der Waals surface area contributed by atoms with E-state index in [1.165, 1.54) is 12.8 Å². The second kappa shape index (κ2) is 6.04. The summed E-state index contributed by atoms with van der Waals surface area (Å²) in [6.07, 6.45) is 4.15. The first-order valence-corrected chi connectivity index (χ1v) is 7.86. The minimum atomic E-state index is -0.304. The second-order valence-electron chi connectivity index (χ2n) is 6.30. The second-order valence-corrected chi connectivity index (χ2v) is 6.30. The van der Waals surface area contributed by atoms with Gasteiger partial charge in [-0.25, -0.2) is 0 Å². The Bertz CT molecular complexity index is 619. The first kappa shape index (κ1) is 15.0. The van der Waals surface area contributed by atoms with Gasteiger partial charge < -0.3 is 5.32 Å². The van der Waals surface area contributed by atoms with Crippen molar-refractivity contribution in [2.75, 3.05) is 25.0 Å². The van der Waals surface area contributed by atoms with E-state index in [9.17, 15) is 10.1 Å². The minimum Gasteiger partial charge on any atom is -0.378 e. The van der Waals surface area contributed by atoms with E-state index in [0.717, 1.165) is 42.4 Å². The molecule has 6 nitrogen and oxygen atoms in total. The maximum Gasteiger partial charge on any atom is 0.274 e. The molecule has 1 N–H and O–H groups in total. The molecule has 0 radical (unpaired) electrons. The number of nitro benzene ring substituents is 1. The number of nitro groups is 1. The van der Waals surface area contributed by atoms with E-state index in [1.54, 1.807) is 12.3 Å². The van der Waals surface area contributed by atoms with Crippen molar-refractivity contribution in [1.82, 2.24) is 4.90 Å². The maximum absolute atomic E-state index is 11.3. The highest BCUT2D eigenvalue weighted by molar-refractivity contribution is 5.85. The summed E-state index contributed by atoms with van der Waals surface area (Å²) in [7, 11) is 0. The van der Waals surface area contributed by atoms with E-state index in [4.69, 9.17) is 0 Å². The third-order valence-corrected chi connectivity index (χ3v) is 4.72. The molecule has 1 fully saturated rings. The monoisotopic (exact) mass is 302 g/mol. The molecule has 0 aromatic heterocycles. The van der Waals surface area contributed by atoms with Crippen molar-refractivity contribution in [3.63, 3.8) is 0 Å². The predicted octanol–water partition coefficient (Wildman–Crippen LogP) is 3.26. The molecule has 2 heterocycles. The van der Waals surface area contributed by atoms with Crippen LogP contribution in [0.2, 0.25) is 0 Å². The van der Waals surface area contributed by atoms with E-state index < -0.39 is 0 Å². The molecule has 2 aliphatic rings. The van der Waals surface area contributed by atoms with Crippen LogP contribution in [0.15, 0.2) is 11.1 Å². The summed E-state index contributed by atoms with van der Waals surface area (Å²) < 4.78 is 0. The maximum atomic E-state index is 11.3. The van der Waals surface area contributed by atoms with Crippen LogP contribution in [0.1, 0.15) is 30.9 Å². The highest BCUT2D eigenvalue weighted by Gasteiger charge is 2.25. The fourth-order valence-corrected chi connectivity index (χ4v) is 3.23. The lowest BCUT2D eigenvalue weighted by molar-refractivity contribution is -0.385. The molecule has 0 atom stereocenters. The highest BCUT2D eigenvalue weighted by atomic mass is 16.6. The average molecular weight is 302 g/mol. The third kappa shape index (κ3) is 2.83. The Kier molecular flexibility index (Phi) is 4.11. The average Bonchev–Trinajstić information content (AvgIpc) is 2.51. The van der Waals surface area contributed by atoms with Gasteiger partial charge in [0.2, 0.25) is 0 Å². The van der Waals surface area contributed by atoms with Gasteiger partial charge >= 0.3 is 0 Å². The molecule has 1 aromatic rings. The summed E-state index contributed by atoms with van der Waals surface area (Å²) in [5.74, 6) is 0.777.